The first kappa shape index (κ1) is 13.3. The summed E-state index contributed by atoms with van der Waals surface area (Å²) in [6, 6.07) is 0. The second-order valence-electron chi connectivity index (χ2n) is 4.35. The molecule has 0 spiro atoms. The number of nitrogens with one attached hydrogen (secondary N) is 1. The van der Waals surface area contributed by atoms with Crippen molar-refractivity contribution >= 4 is 11.8 Å². The van der Waals surface area contributed by atoms with Crippen molar-refractivity contribution in [2.75, 3.05) is 44.7 Å². The maximum atomic E-state index is 3.52. The second kappa shape index (κ2) is 9.49. The lowest BCUT2D eigenvalue weighted by Gasteiger charge is -2.26. The topological polar surface area (TPSA) is 15.3 Å². The van der Waals surface area contributed by atoms with Gasteiger partial charge in [0.25, 0.3) is 0 Å². The second-order valence-corrected chi connectivity index (χ2v) is 5.34. The quantitative estimate of drug-likeness (QED) is 0.644. The van der Waals surface area contributed by atoms with Crippen LogP contribution in [0.2, 0.25) is 0 Å². The molecule has 1 N–H and O–H groups in total. The molecule has 1 saturated heterocycles. The van der Waals surface area contributed by atoms with Crippen LogP contribution < -0.4 is 5.32 Å². The molecule has 2 nitrogen and oxygen atoms in total. The summed E-state index contributed by atoms with van der Waals surface area (Å²) in [5, 5.41) is 3.52. The van der Waals surface area contributed by atoms with Crippen LogP contribution in [0.15, 0.2) is 0 Å². The molecule has 1 heterocycles. The van der Waals surface area contributed by atoms with E-state index >= 15 is 0 Å². The lowest BCUT2D eigenvalue weighted by Crippen LogP contribution is -2.32. The smallest absolute Gasteiger partial charge is 0.000664 e. The molecule has 0 aromatic rings. The van der Waals surface area contributed by atoms with Crippen molar-refractivity contribution in [3.8, 4) is 0 Å². The van der Waals surface area contributed by atoms with Gasteiger partial charge < -0.3 is 10.2 Å². The van der Waals surface area contributed by atoms with Crippen LogP contribution in [0.25, 0.3) is 0 Å². The van der Waals surface area contributed by atoms with E-state index < -0.39 is 0 Å². The van der Waals surface area contributed by atoms with Gasteiger partial charge in [-0.05, 0) is 70.4 Å². The third kappa shape index (κ3) is 7.20. The summed E-state index contributed by atoms with van der Waals surface area (Å²) in [4.78, 5) is 2.62. The fourth-order valence-corrected chi connectivity index (χ4v) is 2.51. The Hall–Kier alpha value is 0.270. The van der Waals surface area contributed by atoms with Gasteiger partial charge in [0.2, 0.25) is 0 Å². The van der Waals surface area contributed by atoms with Gasteiger partial charge in [-0.1, -0.05) is 6.42 Å². The molecule has 3 heteroatoms. The molecule has 15 heavy (non-hydrogen) atoms. The van der Waals surface area contributed by atoms with Crippen LogP contribution >= 0.6 is 11.8 Å². The van der Waals surface area contributed by atoms with Crippen LogP contribution in [0.3, 0.4) is 0 Å². The van der Waals surface area contributed by atoms with Crippen LogP contribution in [0, 0.1) is 0 Å². The van der Waals surface area contributed by atoms with E-state index in [2.05, 4.69) is 16.5 Å². The molecule has 0 aromatic heterocycles. The minimum Gasteiger partial charge on any atom is -0.317 e. The summed E-state index contributed by atoms with van der Waals surface area (Å²) in [5.74, 6) is 1.29. The summed E-state index contributed by atoms with van der Waals surface area (Å²) in [6.45, 7) is 6.38. The monoisotopic (exact) mass is 230 g/mol. The number of hydrogen-bond acceptors (Lipinski definition) is 3. The van der Waals surface area contributed by atoms with E-state index in [0.29, 0.717) is 0 Å². The van der Waals surface area contributed by atoms with Crippen molar-refractivity contribution in [3.05, 3.63) is 0 Å². The van der Waals surface area contributed by atoms with E-state index in [4.69, 9.17) is 0 Å². The largest absolute Gasteiger partial charge is 0.317 e. The Balaban J connectivity index is 1.79. The fourth-order valence-electron chi connectivity index (χ4n) is 2.08. The molecule has 0 atom stereocenters. The minimum atomic E-state index is 1.20. The summed E-state index contributed by atoms with van der Waals surface area (Å²) in [5.41, 5.74) is 0. The van der Waals surface area contributed by atoms with Gasteiger partial charge in [0, 0.05) is 0 Å². The van der Waals surface area contributed by atoms with Crippen molar-refractivity contribution in [2.24, 2.45) is 0 Å². The number of thioether (sulfide) groups is 1. The van der Waals surface area contributed by atoms with Crippen LogP contribution in [0.5, 0.6) is 0 Å². The molecule has 0 unspecified atom stereocenters. The maximum absolute atomic E-state index is 3.52. The minimum absolute atomic E-state index is 1.20. The van der Waals surface area contributed by atoms with Gasteiger partial charge in [-0.2, -0.15) is 11.8 Å². The van der Waals surface area contributed by atoms with Crippen molar-refractivity contribution in [3.63, 3.8) is 0 Å². The summed E-state index contributed by atoms with van der Waals surface area (Å²) in [7, 11) is 0. The summed E-state index contributed by atoms with van der Waals surface area (Å²) >= 11 is 1.94. The highest BCUT2D eigenvalue weighted by Gasteiger charge is 2.08. The zero-order valence-electron chi connectivity index (χ0n) is 10.1. The molecular formula is C12H26N2S. The Bertz CT molecular complexity index is 136. The summed E-state index contributed by atoms with van der Waals surface area (Å²) < 4.78 is 0. The van der Waals surface area contributed by atoms with E-state index in [9.17, 15) is 0 Å². The molecule has 1 aliphatic heterocycles. The van der Waals surface area contributed by atoms with Crippen LogP contribution in [0.4, 0.5) is 0 Å². The molecule has 90 valence electrons. The Morgan fingerprint density at radius 3 is 2.53 bits per heavy atom. The Morgan fingerprint density at radius 1 is 1.07 bits per heavy atom. The van der Waals surface area contributed by atoms with Gasteiger partial charge in [0.1, 0.15) is 0 Å². The molecule has 0 bridgehead atoms. The molecule has 0 radical (unpaired) electrons. The van der Waals surface area contributed by atoms with E-state index in [0.717, 1.165) is 0 Å². The van der Waals surface area contributed by atoms with E-state index in [1.54, 1.807) is 0 Å². The summed E-state index contributed by atoms with van der Waals surface area (Å²) in [6.07, 6.45) is 9.09. The van der Waals surface area contributed by atoms with Crippen LogP contribution in [-0.2, 0) is 0 Å². The average Bonchev–Trinajstić information content (AvgIpc) is 2.29. The number of rotatable bonds is 8. The molecule has 0 aromatic carbocycles. The van der Waals surface area contributed by atoms with Gasteiger partial charge in [-0.3, -0.25) is 0 Å². The molecule has 0 aliphatic carbocycles. The third-order valence-corrected chi connectivity index (χ3v) is 3.68. The highest BCUT2D eigenvalue weighted by atomic mass is 32.2. The third-order valence-electron chi connectivity index (χ3n) is 2.98. The van der Waals surface area contributed by atoms with Crippen LogP contribution in [-0.4, -0.2) is 49.6 Å². The van der Waals surface area contributed by atoms with E-state index in [-0.39, 0.29) is 0 Å². The highest BCUT2D eigenvalue weighted by molar-refractivity contribution is 7.98. The lowest BCUT2D eigenvalue weighted by molar-refractivity contribution is 0.226. The van der Waals surface area contributed by atoms with Crippen molar-refractivity contribution in [1.29, 1.82) is 0 Å². The van der Waals surface area contributed by atoms with Crippen molar-refractivity contribution in [2.45, 2.75) is 32.1 Å². The zero-order valence-corrected chi connectivity index (χ0v) is 11.0. The molecule has 1 aliphatic rings. The van der Waals surface area contributed by atoms with Gasteiger partial charge >= 0.3 is 0 Å². The maximum Gasteiger partial charge on any atom is -0.000664 e. The normalized spacial score (nSPS) is 18.2. The number of piperidine rings is 1. The lowest BCUT2D eigenvalue weighted by atomic mass is 10.1. The average molecular weight is 230 g/mol. The Morgan fingerprint density at radius 2 is 1.80 bits per heavy atom. The standard InChI is InChI=1S/C12H26N2S/c1-15-12-6-8-13-7-5-11-14-9-3-2-4-10-14/h13H,2-12H2,1H3. The first-order chi connectivity index (χ1) is 7.43. The predicted octanol–water partition coefficient (Wildman–Crippen LogP) is 2.21. The molecular weight excluding hydrogens is 204 g/mol. The van der Waals surface area contributed by atoms with Gasteiger partial charge in [-0.15, -0.1) is 0 Å². The zero-order chi connectivity index (χ0) is 10.8. The Labute approximate surface area is 99.2 Å². The van der Waals surface area contributed by atoms with Gasteiger partial charge in [-0.25, -0.2) is 0 Å². The fraction of sp³-hybridized carbons (Fsp3) is 1.00. The number of hydrogen-bond donors (Lipinski definition) is 1. The van der Waals surface area contributed by atoms with Crippen LogP contribution in [0.1, 0.15) is 32.1 Å². The molecule has 1 rings (SSSR count). The van der Waals surface area contributed by atoms with Gasteiger partial charge in [0.15, 0.2) is 0 Å². The first-order valence-electron chi connectivity index (χ1n) is 6.35. The molecule has 1 fully saturated rings. The van der Waals surface area contributed by atoms with Crippen molar-refractivity contribution in [1.82, 2.24) is 10.2 Å². The first-order valence-corrected chi connectivity index (χ1v) is 7.75. The SMILES string of the molecule is CSCCCNCCCN1CCCCC1. The highest BCUT2D eigenvalue weighted by Crippen LogP contribution is 2.08. The number of nitrogens with zero attached hydrogens (tertiary/aromatic N) is 1. The number of likely N-dealkylation sites (tertiary alicyclic amines) is 1. The Kier molecular flexibility index (Phi) is 8.44. The van der Waals surface area contributed by atoms with E-state index in [1.807, 2.05) is 11.8 Å². The van der Waals surface area contributed by atoms with E-state index in [1.165, 1.54) is 70.6 Å². The van der Waals surface area contributed by atoms with Crippen molar-refractivity contribution < 1.29 is 0 Å². The predicted molar refractivity (Wildman–Crippen MR) is 70.8 cm³/mol. The molecule has 0 amide bonds. The molecule has 0 saturated carbocycles. The van der Waals surface area contributed by atoms with Gasteiger partial charge in [0.05, 0.1) is 0 Å².